The third-order valence-electron chi connectivity index (χ3n) is 5.53. The first-order valence-corrected chi connectivity index (χ1v) is 9.60. The van der Waals surface area contributed by atoms with Crippen molar-refractivity contribution in [2.24, 2.45) is 11.1 Å². The Labute approximate surface area is 173 Å². The van der Waals surface area contributed by atoms with E-state index in [1.165, 1.54) is 23.5 Å². The maximum absolute atomic E-state index is 13.2. The van der Waals surface area contributed by atoms with Crippen LogP contribution >= 0.6 is 0 Å². The van der Waals surface area contributed by atoms with E-state index in [1.807, 2.05) is 6.92 Å². The monoisotopic (exact) mass is 407 g/mol. The van der Waals surface area contributed by atoms with Crippen LogP contribution in [0.15, 0.2) is 30.7 Å². The second-order valence-electron chi connectivity index (χ2n) is 7.83. The Morgan fingerprint density at radius 1 is 1.40 bits per heavy atom. The van der Waals surface area contributed by atoms with Crippen molar-refractivity contribution in [3.8, 4) is 6.07 Å². The molecule has 0 radical (unpaired) electrons. The van der Waals surface area contributed by atoms with Gasteiger partial charge >= 0.3 is 0 Å². The molecule has 1 saturated heterocycles. The van der Waals surface area contributed by atoms with Crippen molar-refractivity contribution in [3.05, 3.63) is 47.5 Å². The molecule has 1 aliphatic heterocycles. The average Bonchev–Trinajstić information content (AvgIpc) is 3.22. The number of anilines is 1. The number of aromatic nitrogens is 3. The van der Waals surface area contributed by atoms with Gasteiger partial charge in [-0.25, -0.2) is 15.0 Å². The molecule has 1 aliphatic carbocycles. The quantitative estimate of drug-likeness (QED) is 0.754. The van der Waals surface area contributed by atoms with Gasteiger partial charge in [0.05, 0.1) is 23.6 Å². The topological polar surface area (TPSA) is 147 Å². The molecule has 3 heterocycles. The van der Waals surface area contributed by atoms with Crippen molar-refractivity contribution in [2.75, 3.05) is 11.9 Å². The van der Waals surface area contributed by atoms with E-state index >= 15 is 0 Å². The summed E-state index contributed by atoms with van der Waals surface area (Å²) in [5.74, 6) is -0.418. The average molecular weight is 407 g/mol. The molecule has 2 amide bonds. The second-order valence-corrected chi connectivity index (χ2v) is 7.83. The molecule has 0 bridgehead atoms. The van der Waals surface area contributed by atoms with Gasteiger partial charge in [-0.05, 0) is 30.5 Å². The highest BCUT2D eigenvalue weighted by Crippen LogP contribution is 2.46. The number of primary amides is 1. The molecule has 0 unspecified atom stereocenters. The zero-order chi connectivity index (χ0) is 21.3. The Kier molecular flexibility index (Phi) is 5.05. The highest BCUT2D eigenvalue weighted by Gasteiger charge is 2.51. The number of nitrogens with zero attached hydrogens (tertiary/aromatic N) is 5. The lowest BCUT2D eigenvalue weighted by Gasteiger charge is -2.46. The lowest BCUT2D eigenvalue weighted by molar-refractivity contribution is -0.192. The van der Waals surface area contributed by atoms with Crippen LogP contribution in [0.4, 0.5) is 5.95 Å². The van der Waals surface area contributed by atoms with Crippen LogP contribution in [0.1, 0.15) is 53.8 Å². The fraction of sp³-hybridized carbons (Fsp3) is 0.400. The summed E-state index contributed by atoms with van der Waals surface area (Å²) in [4.78, 5) is 42.4. The Morgan fingerprint density at radius 2 is 2.20 bits per heavy atom. The first-order valence-electron chi connectivity index (χ1n) is 9.60. The molecule has 2 aromatic rings. The van der Waals surface area contributed by atoms with E-state index in [0.717, 1.165) is 5.56 Å². The number of nitrogens with one attached hydrogen (secondary N) is 1. The van der Waals surface area contributed by atoms with Gasteiger partial charge in [-0.15, -0.1) is 0 Å². The Hall–Kier alpha value is -3.58. The highest BCUT2D eigenvalue weighted by molar-refractivity contribution is 5.90. The number of carbonyl (C=O) groups excluding carboxylic acids is 2. The van der Waals surface area contributed by atoms with Gasteiger partial charge < -0.3 is 11.1 Å². The van der Waals surface area contributed by atoms with Crippen molar-refractivity contribution in [2.45, 2.75) is 38.3 Å². The minimum Gasteiger partial charge on any atom is -0.364 e. The Bertz CT molecular complexity index is 1030. The van der Waals surface area contributed by atoms with Crippen molar-refractivity contribution >= 4 is 17.8 Å². The first kappa shape index (κ1) is 19.7. The summed E-state index contributed by atoms with van der Waals surface area (Å²) in [6.45, 7) is 2.33. The van der Waals surface area contributed by atoms with Gasteiger partial charge in [0.15, 0.2) is 0 Å². The lowest BCUT2D eigenvalue weighted by atomic mass is 9.66. The number of amides is 2. The number of rotatable bonds is 5. The summed E-state index contributed by atoms with van der Waals surface area (Å²) < 4.78 is 0. The summed E-state index contributed by atoms with van der Waals surface area (Å²) in [7, 11) is 0. The normalized spacial score (nSPS) is 25.3. The number of hydrogen-bond acceptors (Lipinski definition) is 8. The molecule has 0 spiro atoms. The second kappa shape index (κ2) is 7.68. The van der Waals surface area contributed by atoms with Crippen LogP contribution < -0.4 is 11.1 Å². The smallest absolute Gasteiger partial charge is 0.267 e. The van der Waals surface area contributed by atoms with Gasteiger partial charge in [-0.2, -0.15) is 5.26 Å². The lowest BCUT2D eigenvalue weighted by Crippen LogP contribution is -2.53. The maximum Gasteiger partial charge on any atom is 0.267 e. The number of nitrogens with two attached hydrogens (primary N) is 1. The number of hydrogen-bond donors (Lipinski definition) is 2. The molecule has 4 rings (SSSR count). The van der Waals surface area contributed by atoms with Crippen molar-refractivity contribution in [3.63, 3.8) is 0 Å². The summed E-state index contributed by atoms with van der Waals surface area (Å²) >= 11 is 0. The van der Waals surface area contributed by atoms with Gasteiger partial charge in [-0.3, -0.25) is 19.4 Å². The van der Waals surface area contributed by atoms with Crippen molar-refractivity contribution in [1.82, 2.24) is 20.0 Å². The van der Waals surface area contributed by atoms with Gasteiger partial charge in [-0.1, -0.05) is 6.92 Å². The summed E-state index contributed by atoms with van der Waals surface area (Å²) in [6.07, 6.45) is 6.40. The molecule has 1 saturated carbocycles. The largest absolute Gasteiger partial charge is 0.364 e. The molecular formula is C20H21N7O3. The van der Waals surface area contributed by atoms with E-state index in [1.54, 1.807) is 12.3 Å². The number of pyridine rings is 1. The molecule has 3 N–H and O–H groups in total. The van der Waals surface area contributed by atoms with E-state index in [-0.39, 0.29) is 23.7 Å². The fourth-order valence-electron chi connectivity index (χ4n) is 3.99. The molecule has 2 aliphatic rings. The van der Waals surface area contributed by atoms with Crippen molar-refractivity contribution in [1.29, 1.82) is 5.26 Å². The molecule has 30 heavy (non-hydrogen) atoms. The van der Waals surface area contributed by atoms with Crippen LogP contribution in [0.2, 0.25) is 0 Å². The highest BCUT2D eigenvalue weighted by atomic mass is 16.7. The molecule has 10 nitrogen and oxygen atoms in total. The zero-order valence-electron chi connectivity index (χ0n) is 16.4. The number of carbonyl (C=O) groups is 2. The van der Waals surface area contributed by atoms with Gasteiger partial charge in [0.25, 0.3) is 11.8 Å². The predicted octanol–water partition coefficient (Wildman–Crippen LogP) is 1.33. The summed E-state index contributed by atoms with van der Waals surface area (Å²) in [5.41, 5.74) is 6.02. The van der Waals surface area contributed by atoms with Crippen LogP contribution in [-0.2, 0) is 9.63 Å². The van der Waals surface area contributed by atoms with E-state index < -0.39 is 11.3 Å². The van der Waals surface area contributed by atoms with E-state index in [0.29, 0.717) is 37.4 Å². The standard InChI is InChI=1S/C20H21N7O3/c1-20(7-14(8-20)25-19-24-4-2-15(26-19)17(22)28)18(29)27-16(3-5-30-27)13-6-12(9-21)10-23-11-13/h2,4,6,10-11,14,16H,3,5,7-8H2,1H3,(H2,22,28)(H,24,25,26)/t14?,16-,20?/m0/s1. The third-order valence-corrected chi connectivity index (χ3v) is 5.53. The Morgan fingerprint density at radius 3 is 2.93 bits per heavy atom. The fourth-order valence-corrected chi connectivity index (χ4v) is 3.99. The maximum atomic E-state index is 13.2. The van der Waals surface area contributed by atoms with Gasteiger partial charge in [0, 0.05) is 31.1 Å². The van der Waals surface area contributed by atoms with Crippen molar-refractivity contribution < 1.29 is 14.4 Å². The number of nitriles is 1. The molecule has 1 atom stereocenters. The predicted molar refractivity (Wildman–Crippen MR) is 104 cm³/mol. The minimum atomic E-state index is -0.624. The van der Waals surface area contributed by atoms with Gasteiger partial charge in [0.2, 0.25) is 5.95 Å². The molecule has 2 aromatic heterocycles. The first-order chi connectivity index (χ1) is 14.4. The zero-order valence-corrected chi connectivity index (χ0v) is 16.4. The Balaban J connectivity index is 1.42. The van der Waals surface area contributed by atoms with Crippen LogP contribution in [-0.4, -0.2) is 44.5 Å². The molecule has 154 valence electrons. The van der Waals surface area contributed by atoms with E-state index in [2.05, 4.69) is 26.3 Å². The molecule has 2 fully saturated rings. The van der Waals surface area contributed by atoms with E-state index in [4.69, 9.17) is 15.8 Å². The van der Waals surface area contributed by atoms with E-state index in [9.17, 15) is 9.59 Å². The van der Waals surface area contributed by atoms with Gasteiger partial charge in [0.1, 0.15) is 11.8 Å². The van der Waals surface area contributed by atoms with Crippen LogP contribution in [0, 0.1) is 16.7 Å². The van der Waals surface area contributed by atoms with Crippen LogP contribution in [0.5, 0.6) is 0 Å². The molecular weight excluding hydrogens is 386 g/mol. The SMILES string of the molecule is CC1(C(=O)N2OCC[C@H]2c2cncc(C#N)c2)CC(Nc2nccc(C(N)=O)n2)C1. The number of hydroxylamine groups is 2. The van der Waals surface area contributed by atoms with Crippen LogP contribution in [0.3, 0.4) is 0 Å². The molecule has 10 heteroatoms. The summed E-state index contributed by atoms with van der Waals surface area (Å²) in [5, 5.41) is 13.7. The molecule has 0 aromatic carbocycles. The summed E-state index contributed by atoms with van der Waals surface area (Å²) in [6, 6.07) is 4.98. The van der Waals surface area contributed by atoms with Crippen LogP contribution in [0.25, 0.3) is 0 Å². The minimum absolute atomic E-state index is 0.00767. The third kappa shape index (κ3) is 3.67.